The topological polar surface area (TPSA) is 71.5 Å². The van der Waals surface area contributed by atoms with Gasteiger partial charge in [0.1, 0.15) is 12.3 Å². The quantitative estimate of drug-likeness (QED) is 0.730. The summed E-state index contributed by atoms with van der Waals surface area (Å²) < 4.78 is 5.73. The normalized spacial score (nSPS) is 15.7. The van der Waals surface area contributed by atoms with Crippen LogP contribution in [0.4, 0.5) is 11.4 Å². The van der Waals surface area contributed by atoms with Crippen LogP contribution < -0.4 is 15.0 Å². The zero-order valence-corrected chi connectivity index (χ0v) is 16.3. The lowest BCUT2D eigenvalue weighted by atomic mass is 10.1. The first-order chi connectivity index (χ1) is 13.5. The maximum absolute atomic E-state index is 12.7. The number of aryl methyl sites for hydroxylation is 1. The van der Waals surface area contributed by atoms with E-state index < -0.39 is 6.10 Å². The SMILES string of the molecule is Cc1nc(-c2ccc3c(c2)N(CC(=O)Nc2ccccc2)C(=O)C(C)O3)cs1. The van der Waals surface area contributed by atoms with E-state index in [1.165, 1.54) is 4.90 Å². The zero-order chi connectivity index (χ0) is 19.7. The largest absolute Gasteiger partial charge is 0.479 e. The second kappa shape index (κ2) is 7.44. The lowest BCUT2D eigenvalue weighted by Crippen LogP contribution is -2.47. The number of nitrogens with zero attached hydrogens (tertiary/aromatic N) is 2. The minimum Gasteiger partial charge on any atom is -0.479 e. The number of carbonyl (C=O) groups excluding carboxylic acids is 2. The standard InChI is InChI=1S/C21H19N3O3S/c1-13-21(26)24(11-20(25)23-16-6-4-3-5-7-16)18-10-15(8-9-19(18)27-13)17-12-28-14(2)22-17/h3-10,12-13H,11H2,1-2H3,(H,23,25). The molecule has 1 N–H and O–H groups in total. The Morgan fingerprint density at radius 1 is 1.25 bits per heavy atom. The third-order valence-corrected chi connectivity index (χ3v) is 5.21. The number of amides is 2. The molecule has 1 aromatic heterocycles. The summed E-state index contributed by atoms with van der Waals surface area (Å²) in [6.45, 7) is 3.54. The van der Waals surface area contributed by atoms with Crippen LogP contribution in [0.25, 0.3) is 11.3 Å². The molecule has 2 aromatic carbocycles. The predicted octanol–water partition coefficient (Wildman–Crippen LogP) is 3.87. The highest BCUT2D eigenvalue weighted by molar-refractivity contribution is 7.09. The maximum atomic E-state index is 12.7. The predicted molar refractivity (Wildman–Crippen MR) is 110 cm³/mol. The van der Waals surface area contributed by atoms with E-state index >= 15 is 0 Å². The van der Waals surface area contributed by atoms with E-state index in [2.05, 4.69) is 10.3 Å². The number of nitrogens with one attached hydrogen (secondary N) is 1. The second-order valence-corrected chi connectivity index (χ2v) is 7.60. The van der Waals surface area contributed by atoms with E-state index in [9.17, 15) is 9.59 Å². The number of fused-ring (bicyclic) bond motifs is 1. The van der Waals surface area contributed by atoms with Gasteiger partial charge in [-0.3, -0.25) is 14.5 Å². The Bertz CT molecular complexity index is 1030. The van der Waals surface area contributed by atoms with Crippen molar-refractivity contribution in [2.45, 2.75) is 20.0 Å². The van der Waals surface area contributed by atoms with Gasteiger partial charge in [0, 0.05) is 16.6 Å². The molecule has 142 valence electrons. The molecule has 0 radical (unpaired) electrons. The van der Waals surface area contributed by atoms with Crippen molar-refractivity contribution < 1.29 is 14.3 Å². The first-order valence-corrected chi connectivity index (χ1v) is 9.79. The number of aromatic nitrogens is 1. The summed E-state index contributed by atoms with van der Waals surface area (Å²) in [5.74, 6) is 0.0622. The highest BCUT2D eigenvalue weighted by Gasteiger charge is 2.33. The highest BCUT2D eigenvalue weighted by atomic mass is 32.1. The number of benzene rings is 2. The van der Waals surface area contributed by atoms with Gasteiger partial charge in [0.25, 0.3) is 5.91 Å². The van der Waals surface area contributed by atoms with E-state index in [4.69, 9.17) is 4.74 Å². The van der Waals surface area contributed by atoms with Gasteiger partial charge in [-0.2, -0.15) is 0 Å². The Balaban J connectivity index is 1.63. The summed E-state index contributed by atoms with van der Waals surface area (Å²) in [5.41, 5.74) is 2.98. The summed E-state index contributed by atoms with van der Waals surface area (Å²) in [6, 6.07) is 14.8. The Morgan fingerprint density at radius 3 is 2.75 bits per heavy atom. The molecule has 1 unspecified atom stereocenters. The number of hydrogen-bond donors (Lipinski definition) is 1. The molecule has 6 nitrogen and oxygen atoms in total. The minimum absolute atomic E-state index is 0.0893. The number of carbonyl (C=O) groups is 2. The molecule has 2 amide bonds. The number of thiazole rings is 1. The van der Waals surface area contributed by atoms with Gasteiger partial charge in [0.2, 0.25) is 5.91 Å². The number of ether oxygens (including phenoxy) is 1. The van der Waals surface area contributed by atoms with Crippen molar-refractivity contribution in [3.05, 3.63) is 58.9 Å². The summed E-state index contributed by atoms with van der Waals surface area (Å²) >= 11 is 1.56. The van der Waals surface area contributed by atoms with Crippen LogP contribution in [0.15, 0.2) is 53.9 Å². The van der Waals surface area contributed by atoms with Gasteiger partial charge in [-0.15, -0.1) is 11.3 Å². The minimum atomic E-state index is -0.649. The maximum Gasteiger partial charge on any atom is 0.268 e. The van der Waals surface area contributed by atoms with Gasteiger partial charge >= 0.3 is 0 Å². The van der Waals surface area contributed by atoms with Crippen molar-refractivity contribution in [1.29, 1.82) is 0 Å². The van der Waals surface area contributed by atoms with Gasteiger partial charge < -0.3 is 10.1 Å². The zero-order valence-electron chi connectivity index (χ0n) is 15.5. The third kappa shape index (κ3) is 3.61. The molecule has 0 aliphatic carbocycles. The summed E-state index contributed by atoms with van der Waals surface area (Å²) in [5, 5.41) is 5.76. The molecule has 0 saturated carbocycles. The molecular weight excluding hydrogens is 374 g/mol. The monoisotopic (exact) mass is 393 g/mol. The molecule has 1 atom stereocenters. The molecule has 2 heterocycles. The van der Waals surface area contributed by atoms with Gasteiger partial charge in [-0.25, -0.2) is 4.98 Å². The number of rotatable bonds is 4. The molecule has 0 bridgehead atoms. The fraction of sp³-hybridized carbons (Fsp3) is 0.190. The molecule has 4 rings (SSSR count). The van der Waals surface area contributed by atoms with Crippen LogP contribution in [0.1, 0.15) is 11.9 Å². The summed E-state index contributed by atoms with van der Waals surface area (Å²) in [4.78, 5) is 31.3. The van der Waals surface area contributed by atoms with Crippen LogP contribution in [0.2, 0.25) is 0 Å². The van der Waals surface area contributed by atoms with Crippen LogP contribution in [-0.2, 0) is 9.59 Å². The van der Waals surface area contributed by atoms with Crippen LogP contribution in [-0.4, -0.2) is 29.4 Å². The Hall–Kier alpha value is -3.19. The molecule has 1 aliphatic heterocycles. The van der Waals surface area contributed by atoms with Crippen molar-refractivity contribution in [3.63, 3.8) is 0 Å². The average Bonchev–Trinajstić information content (AvgIpc) is 3.12. The van der Waals surface area contributed by atoms with Gasteiger partial charge in [0.15, 0.2) is 6.10 Å². The van der Waals surface area contributed by atoms with Gasteiger partial charge in [-0.1, -0.05) is 18.2 Å². The van der Waals surface area contributed by atoms with E-state index in [0.717, 1.165) is 16.3 Å². The van der Waals surface area contributed by atoms with Crippen molar-refractivity contribution in [2.24, 2.45) is 0 Å². The molecule has 7 heteroatoms. The highest BCUT2D eigenvalue weighted by Crippen LogP contribution is 2.37. The fourth-order valence-electron chi connectivity index (χ4n) is 3.09. The average molecular weight is 393 g/mol. The van der Waals surface area contributed by atoms with Crippen molar-refractivity contribution in [3.8, 4) is 17.0 Å². The Morgan fingerprint density at radius 2 is 2.04 bits per heavy atom. The molecule has 28 heavy (non-hydrogen) atoms. The van der Waals surface area contributed by atoms with Gasteiger partial charge in [0.05, 0.1) is 16.4 Å². The summed E-state index contributed by atoms with van der Waals surface area (Å²) in [6.07, 6.45) is -0.649. The molecule has 0 spiro atoms. The van der Waals surface area contributed by atoms with E-state index in [1.807, 2.05) is 48.7 Å². The third-order valence-electron chi connectivity index (χ3n) is 4.44. The van der Waals surface area contributed by atoms with Crippen molar-refractivity contribution in [2.75, 3.05) is 16.8 Å². The van der Waals surface area contributed by atoms with Crippen LogP contribution >= 0.6 is 11.3 Å². The molecule has 1 aliphatic rings. The first-order valence-electron chi connectivity index (χ1n) is 8.91. The number of hydrogen-bond acceptors (Lipinski definition) is 5. The Labute approximate surface area is 166 Å². The van der Waals surface area contributed by atoms with Crippen LogP contribution in [0, 0.1) is 6.92 Å². The van der Waals surface area contributed by atoms with Crippen molar-refractivity contribution in [1.82, 2.24) is 4.98 Å². The van der Waals surface area contributed by atoms with E-state index in [0.29, 0.717) is 17.1 Å². The van der Waals surface area contributed by atoms with Crippen LogP contribution in [0.5, 0.6) is 5.75 Å². The van der Waals surface area contributed by atoms with E-state index in [-0.39, 0.29) is 18.4 Å². The molecule has 0 fully saturated rings. The van der Waals surface area contributed by atoms with E-state index in [1.54, 1.807) is 30.4 Å². The molecule has 0 saturated heterocycles. The lowest BCUT2D eigenvalue weighted by Gasteiger charge is -2.32. The second-order valence-electron chi connectivity index (χ2n) is 6.53. The fourth-order valence-corrected chi connectivity index (χ4v) is 3.71. The summed E-state index contributed by atoms with van der Waals surface area (Å²) in [7, 11) is 0. The van der Waals surface area contributed by atoms with Crippen molar-refractivity contribution >= 4 is 34.5 Å². The number of para-hydroxylation sites is 1. The lowest BCUT2D eigenvalue weighted by molar-refractivity contribution is -0.127. The first kappa shape index (κ1) is 18.2. The molecular formula is C21H19N3O3S. The van der Waals surface area contributed by atoms with Gasteiger partial charge in [-0.05, 0) is 44.2 Å². The Kier molecular flexibility index (Phi) is 4.83. The molecule has 3 aromatic rings. The number of anilines is 2. The van der Waals surface area contributed by atoms with Crippen LogP contribution in [0.3, 0.4) is 0 Å². The smallest absolute Gasteiger partial charge is 0.268 e.